The van der Waals surface area contributed by atoms with Crippen LogP contribution < -0.4 is 5.32 Å². The predicted molar refractivity (Wildman–Crippen MR) is 83.9 cm³/mol. The molecule has 0 spiro atoms. The van der Waals surface area contributed by atoms with Crippen molar-refractivity contribution in [3.63, 3.8) is 0 Å². The maximum Gasteiger partial charge on any atom is 0.152 e. The van der Waals surface area contributed by atoms with Crippen LogP contribution in [0.1, 0.15) is 12.8 Å². The Morgan fingerprint density at radius 2 is 2.24 bits per heavy atom. The van der Waals surface area contributed by atoms with Gasteiger partial charge in [0.1, 0.15) is 0 Å². The van der Waals surface area contributed by atoms with Crippen LogP contribution in [-0.2, 0) is 9.84 Å². The molecule has 112 valence electrons. The van der Waals surface area contributed by atoms with E-state index in [2.05, 4.69) is 10.4 Å². The summed E-state index contributed by atoms with van der Waals surface area (Å²) in [6.45, 7) is 0. The maximum absolute atomic E-state index is 11.7. The van der Waals surface area contributed by atoms with Gasteiger partial charge in [0.05, 0.1) is 22.9 Å². The molecule has 2 heterocycles. The van der Waals surface area contributed by atoms with Crippen LogP contribution in [0.3, 0.4) is 0 Å². The Hall–Kier alpha value is -1.53. The molecule has 5 nitrogen and oxygen atoms in total. The highest BCUT2D eigenvalue weighted by Gasteiger charge is 2.25. The highest BCUT2D eigenvalue weighted by molar-refractivity contribution is 7.91. The molecule has 1 N–H and O–H groups in total. The van der Waals surface area contributed by atoms with Gasteiger partial charge in [-0.3, -0.25) is 0 Å². The van der Waals surface area contributed by atoms with E-state index in [1.165, 1.54) is 0 Å². The number of nitrogens with one attached hydrogen (secondary N) is 1. The van der Waals surface area contributed by atoms with E-state index in [4.69, 9.17) is 11.6 Å². The number of aromatic nitrogens is 2. The lowest BCUT2D eigenvalue weighted by molar-refractivity contribution is 0.562. The Morgan fingerprint density at radius 3 is 2.95 bits per heavy atom. The van der Waals surface area contributed by atoms with Crippen molar-refractivity contribution in [3.05, 3.63) is 41.7 Å². The Balaban J connectivity index is 1.89. The molecule has 1 aromatic carbocycles. The van der Waals surface area contributed by atoms with E-state index < -0.39 is 9.84 Å². The van der Waals surface area contributed by atoms with Gasteiger partial charge in [0, 0.05) is 23.5 Å². The van der Waals surface area contributed by atoms with Crippen LogP contribution in [0.4, 0.5) is 5.69 Å². The van der Waals surface area contributed by atoms with Crippen molar-refractivity contribution in [1.82, 2.24) is 9.78 Å². The number of benzene rings is 1. The molecule has 1 fully saturated rings. The van der Waals surface area contributed by atoms with Crippen LogP contribution in [-0.4, -0.2) is 35.7 Å². The third-order valence-electron chi connectivity index (χ3n) is 3.53. The molecular formula is C14H16ClN3O2S. The van der Waals surface area contributed by atoms with Crippen molar-refractivity contribution in [2.24, 2.45) is 0 Å². The lowest BCUT2D eigenvalue weighted by Crippen LogP contribution is -2.35. The number of rotatable bonds is 3. The van der Waals surface area contributed by atoms with Gasteiger partial charge in [-0.15, -0.1) is 0 Å². The molecule has 21 heavy (non-hydrogen) atoms. The smallest absolute Gasteiger partial charge is 0.152 e. The molecule has 0 amide bonds. The zero-order valence-corrected chi connectivity index (χ0v) is 12.9. The van der Waals surface area contributed by atoms with E-state index in [9.17, 15) is 8.42 Å². The summed E-state index contributed by atoms with van der Waals surface area (Å²) in [5.74, 6) is 0.449. The van der Waals surface area contributed by atoms with Crippen molar-refractivity contribution in [3.8, 4) is 5.69 Å². The van der Waals surface area contributed by atoms with Gasteiger partial charge in [-0.05, 0) is 37.1 Å². The maximum atomic E-state index is 11.7. The second-order valence-corrected chi connectivity index (χ2v) is 7.88. The summed E-state index contributed by atoms with van der Waals surface area (Å²) in [6, 6.07) is 7.22. The molecule has 1 unspecified atom stereocenters. The molecule has 1 aromatic heterocycles. The molecule has 3 rings (SSSR count). The minimum atomic E-state index is -2.95. The molecule has 0 bridgehead atoms. The number of anilines is 1. The van der Waals surface area contributed by atoms with Crippen molar-refractivity contribution < 1.29 is 8.42 Å². The number of hydrogen-bond acceptors (Lipinski definition) is 4. The first-order valence-electron chi connectivity index (χ1n) is 6.80. The molecule has 0 aliphatic carbocycles. The van der Waals surface area contributed by atoms with Crippen LogP contribution in [0.15, 0.2) is 36.7 Å². The molecular weight excluding hydrogens is 310 g/mol. The number of halogens is 1. The van der Waals surface area contributed by atoms with E-state index in [-0.39, 0.29) is 17.5 Å². The van der Waals surface area contributed by atoms with E-state index >= 15 is 0 Å². The van der Waals surface area contributed by atoms with Crippen molar-refractivity contribution >= 4 is 27.1 Å². The van der Waals surface area contributed by atoms with Gasteiger partial charge in [-0.1, -0.05) is 11.6 Å². The Labute approximate surface area is 128 Å². The van der Waals surface area contributed by atoms with Gasteiger partial charge in [-0.25, -0.2) is 13.1 Å². The van der Waals surface area contributed by atoms with Gasteiger partial charge in [0.15, 0.2) is 9.84 Å². The van der Waals surface area contributed by atoms with Crippen LogP contribution >= 0.6 is 11.6 Å². The molecule has 7 heteroatoms. The molecule has 1 aliphatic rings. The minimum Gasteiger partial charge on any atom is -0.380 e. The van der Waals surface area contributed by atoms with Crippen LogP contribution in [0, 0.1) is 0 Å². The van der Waals surface area contributed by atoms with Crippen LogP contribution in [0.2, 0.25) is 5.02 Å². The Morgan fingerprint density at radius 1 is 1.38 bits per heavy atom. The first kappa shape index (κ1) is 14.4. The van der Waals surface area contributed by atoms with Crippen molar-refractivity contribution in [1.29, 1.82) is 0 Å². The van der Waals surface area contributed by atoms with Gasteiger partial charge < -0.3 is 5.32 Å². The van der Waals surface area contributed by atoms with Gasteiger partial charge >= 0.3 is 0 Å². The fraction of sp³-hybridized carbons (Fsp3) is 0.357. The summed E-state index contributed by atoms with van der Waals surface area (Å²) in [4.78, 5) is 0. The van der Waals surface area contributed by atoms with E-state index in [0.29, 0.717) is 11.4 Å². The average molecular weight is 326 g/mol. The SMILES string of the molecule is O=S1(=O)CCCC(Nc2cc(Cl)ccc2-n2cccn2)C1. The topological polar surface area (TPSA) is 64.0 Å². The molecule has 2 aromatic rings. The number of sulfone groups is 1. The largest absolute Gasteiger partial charge is 0.380 e. The fourth-order valence-electron chi connectivity index (χ4n) is 2.59. The quantitative estimate of drug-likeness (QED) is 0.941. The molecule has 1 atom stereocenters. The highest BCUT2D eigenvalue weighted by atomic mass is 35.5. The van der Waals surface area contributed by atoms with Crippen LogP contribution in [0.5, 0.6) is 0 Å². The summed E-state index contributed by atoms with van der Waals surface area (Å²) >= 11 is 6.06. The normalized spacial score (nSPS) is 21.1. The fourth-order valence-corrected chi connectivity index (χ4v) is 4.40. The van der Waals surface area contributed by atoms with E-state index in [1.54, 1.807) is 23.0 Å². The standard InChI is InChI=1S/C14H16ClN3O2S/c15-11-4-5-14(18-7-2-6-16-18)13(9-11)17-12-3-1-8-21(19,20)10-12/h2,4-7,9,12,17H,1,3,8,10H2. The number of nitrogens with zero attached hydrogens (tertiary/aromatic N) is 2. The van der Waals surface area contributed by atoms with E-state index in [0.717, 1.165) is 17.8 Å². The predicted octanol–water partition coefficient (Wildman–Crippen LogP) is 2.51. The van der Waals surface area contributed by atoms with Gasteiger partial charge in [-0.2, -0.15) is 5.10 Å². The van der Waals surface area contributed by atoms with Gasteiger partial charge in [0.2, 0.25) is 0 Å². The zero-order valence-electron chi connectivity index (χ0n) is 11.4. The summed E-state index contributed by atoms with van der Waals surface area (Å²) in [5, 5.41) is 8.13. The van der Waals surface area contributed by atoms with E-state index in [1.807, 2.05) is 18.3 Å². The molecule has 0 saturated carbocycles. The van der Waals surface area contributed by atoms with Crippen molar-refractivity contribution in [2.75, 3.05) is 16.8 Å². The summed E-state index contributed by atoms with van der Waals surface area (Å²) in [5.41, 5.74) is 1.65. The third-order valence-corrected chi connectivity index (χ3v) is 5.59. The van der Waals surface area contributed by atoms with Crippen molar-refractivity contribution in [2.45, 2.75) is 18.9 Å². The zero-order chi connectivity index (χ0) is 14.9. The monoisotopic (exact) mass is 325 g/mol. The summed E-state index contributed by atoms with van der Waals surface area (Å²) in [6.07, 6.45) is 5.07. The lowest BCUT2D eigenvalue weighted by atomic mass is 10.1. The Bertz CT molecular complexity index is 729. The molecule has 1 aliphatic heterocycles. The third kappa shape index (κ3) is 3.39. The second-order valence-electron chi connectivity index (χ2n) is 5.21. The molecule has 0 radical (unpaired) electrons. The lowest BCUT2D eigenvalue weighted by Gasteiger charge is -2.25. The average Bonchev–Trinajstić information content (AvgIpc) is 2.91. The van der Waals surface area contributed by atoms with Gasteiger partial charge in [0.25, 0.3) is 0 Å². The highest BCUT2D eigenvalue weighted by Crippen LogP contribution is 2.26. The first-order chi connectivity index (χ1) is 10.0. The second kappa shape index (κ2) is 5.69. The summed E-state index contributed by atoms with van der Waals surface area (Å²) in [7, 11) is -2.95. The first-order valence-corrected chi connectivity index (χ1v) is 9.00. The number of hydrogen-bond donors (Lipinski definition) is 1. The Kier molecular flexibility index (Phi) is 3.91. The molecule has 1 saturated heterocycles. The minimum absolute atomic E-state index is 0.0865. The van der Waals surface area contributed by atoms with Crippen LogP contribution in [0.25, 0.3) is 5.69 Å². The summed E-state index contributed by atoms with van der Waals surface area (Å²) < 4.78 is 25.2.